The molecule has 0 spiro atoms. The topological polar surface area (TPSA) is 20.2 Å². The zero-order valence-electron chi connectivity index (χ0n) is 5.34. The molecule has 0 atom stereocenters. The van der Waals surface area contributed by atoms with Gasteiger partial charge in [0.05, 0.1) is 0 Å². The van der Waals surface area contributed by atoms with Gasteiger partial charge in [-0.1, -0.05) is 12.7 Å². The Balaban J connectivity index is 3.18. The Morgan fingerprint density at radius 2 is 2.10 bits per heavy atom. The predicted octanol–water partition coefficient (Wildman–Crippen LogP) is 2.17. The van der Waals surface area contributed by atoms with Crippen molar-refractivity contribution in [2.24, 2.45) is 0 Å². The average molecular weight is 138 g/mol. The minimum absolute atomic E-state index is 0.0742. The molecular formula is C8H7FO. The van der Waals surface area contributed by atoms with Gasteiger partial charge in [-0.15, -0.1) is 0 Å². The Labute approximate surface area is 58.4 Å². The van der Waals surface area contributed by atoms with Gasteiger partial charge in [-0.05, 0) is 17.7 Å². The lowest BCUT2D eigenvalue weighted by atomic mass is 10.2. The molecule has 0 saturated carbocycles. The molecule has 0 radical (unpaired) electrons. The van der Waals surface area contributed by atoms with E-state index in [1.54, 1.807) is 0 Å². The Kier molecular flexibility index (Phi) is 1.71. The van der Waals surface area contributed by atoms with Gasteiger partial charge in [-0.25, -0.2) is 4.39 Å². The molecule has 1 aromatic carbocycles. The molecule has 0 heterocycles. The predicted molar refractivity (Wildman–Crippen MR) is 38.2 cm³/mol. The third kappa shape index (κ3) is 1.35. The molecule has 10 heavy (non-hydrogen) atoms. The molecule has 0 aliphatic heterocycles. The summed E-state index contributed by atoms with van der Waals surface area (Å²) in [5.74, 6) is -0.523. The van der Waals surface area contributed by atoms with Gasteiger partial charge in [-0.2, -0.15) is 0 Å². The maximum atomic E-state index is 12.4. The van der Waals surface area contributed by atoms with Crippen molar-refractivity contribution in [3.05, 3.63) is 36.2 Å². The first kappa shape index (κ1) is 6.81. The highest BCUT2D eigenvalue weighted by molar-refractivity contribution is 5.49. The molecule has 1 aromatic rings. The van der Waals surface area contributed by atoms with Crippen LogP contribution in [-0.4, -0.2) is 5.11 Å². The van der Waals surface area contributed by atoms with E-state index in [-0.39, 0.29) is 5.75 Å². The highest BCUT2D eigenvalue weighted by atomic mass is 19.1. The van der Waals surface area contributed by atoms with Crippen molar-refractivity contribution < 1.29 is 9.50 Å². The number of phenolic OH excluding ortho intramolecular Hbond substituents is 1. The van der Waals surface area contributed by atoms with Gasteiger partial charge >= 0.3 is 0 Å². The van der Waals surface area contributed by atoms with Crippen molar-refractivity contribution in [1.29, 1.82) is 0 Å². The van der Waals surface area contributed by atoms with E-state index in [2.05, 4.69) is 6.58 Å². The molecule has 0 bridgehead atoms. The van der Waals surface area contributed by atoms with E-state index in [9.17, 15) is 4.39 Å². The van der Waals surface area contributed by atoms with E-state index in [0.29, 0.717) is 5.56 Å². The molecule has 0 aromatic heterocycles. The molecule has 0 amide bonds. The standard InChI is InChI=1S/C8H7FO/c1-2-6-3-7(9)5-8(10)4-6/h2-5,10H,1H2. The van der Waals surface area contributed by atoms with Crippen LogP contribution in [0, 0.1) is 5.82 Å². The minimum Gasteiger partial charge on any atom is -0.508 e. The number of halogens is 1. The fourth-order valence-corrected chi connectivity index (χ4v) is 0.714. The van der Waals surface area contributed by atoms with Crippen LogP contribution in [0.15, 0.2) is 24.8 Å². The van der Waals surface area contributed by atoms with Crippen molar-refractivity contribution in [1.82, 2.24) is 0 Å². The van der Waals surface area contributed by atoms with E-state index >= 15 is 0 Å². The third-order valence-corrected chi connectivity index (χ3v) is 1.14. The zero-order valence-corrected chi connectivity index (χ0v) is 5.34. The van der Waals surface area contributed by atoms with Crippen LogP contribution < -0.4 is 0 Å². The van der Waals surface area contributed by atoms with Crippen LogP contribution in [0.5, 0.6) is 5.75 Å². The monoisotopic (exact) mass is 138 g/mol. The molecule has 52 valence electrons. The summed E-state index contributed by atoms with van der Waals surface area (Å²) in [5.41, 5.74) is 0.581. The highest BCUT2D eigenvalue weighted by Gasteiger charge is 1.94. The van der Waals surface area contributed by atoms with Gasteiger partial charge in [0, 0.05) is 6.07 Å². The Bertz CT molecular complexity index is 235. The summed E-state index contributed by atoms with van der Waals surface area (Å²) >= 11 is 0. The number of hydrogen-bond donors (Lipinski definition) is 1. The number of aromatic hydroxyl groups is 1. The number of benzene rings is 1. The summed E-state index contributed by atoms with van der Waals surface area (Å²) in [6.45, 7) is 3.44. The van der Waals surface area contributed by atoms with Crippen molar-refractivity contribution in [3.8, 4) is 5.75 Å². The Hall–Kier alpha value is -1.31. The fraction of sp³-hybridized carbons (Fsp3) is 0. The molecule has 0 aliphatic carbocycles. The van der Waals surface area contributed by atoms with Crippen molar-refractivity contribution >= 4 is 6.08 Å². The first-order valence-electron chi connectivity index (χ1n) is 2.84. The van der Waals surface area contributed by atoms with Crippen LogP contribution in [-0.2, 0) is 0 Å². The van der Waals surface area contributed by atoms with Gasteiger partial charge in [0.1, 0.15) is 11.6 Å². The first-order valence-corrected chi connectivity index (χ1v) is 2.84. The van der Waals surface area contributed by atoms with E-state index in [1.165, 1.54) is 18.2 Å². The average Bonchev–Trinajstić information content (AvgIpc) is 1.85. The third-order valence-electron chi connectivity index (χ3n) is 1.14. The van der Waals surface area contributed by atoms with Crippen LogP contribution in [0.4, 0.5) is 4.39 Å². The number of hydrogen-bond acceptors (Lipinski definition) is 1. The van der Waals surface area contributed by atoms with Crippen LogP contribution >= 0.6 is 0 Å². The van der Waals surface area contributed by atoms with E-state index < -0.39 is 5.82 Å². The molecule has 1 rings (SSSR count). The van der Waals surface area contributed by atoms with Crippen molar-refractivity contribution in [3.63, 3.8) is 0 Å². The summed E-state index contributed by atoms with van der Waals surface area (Å²) in [5, 5.41) is 8.84. The largest absolute Gasteiger partial charge is 0.508 e. The van der Waals surface area contributed by atoms with Crippen LogP contribution in [0.2, 0.25) is 0 Å². The zero-order chi connectivity index (χ0) is 7.56. The second kappa shape index (κ2) is 2.52. The first-order chi connectivity index (χ1) is 4.72. The van der Waals surface area contributed by atoms with Gasteiger partial charge in [0.25, 0.3) is 0 Å². The highest BCUT2D eigenvalue weighted by Crippen LogP contribution is 2.14. The van der Waals surface area contributed by atoms with E-state index in [4.69, 9.17) is 5.11 Å². The quantitative estimate of drug-likeness (QED) is 0.630. The van der Waals surface area contributed by atoms with Gasteiger partial charge < -0.3 is 5.11 Å². The lowest BCUT2D eigenvalue weighted by molar-refractivity contribution is 0.469. The smallest absolute Gasteiger partial charge is 0.127 e. The van der Waals surface area contributed by atoms with E-state index in [1.807, 2.05) is 0 Å². The lowest BCUT2D eigenvalue weighted by Crippen LogP contribution is -1.75. The molecule has 1 nitrogen and oxygen atoms in total. The second-order valence-corrected chi connectivity index (χ2v) is 1.95. The molecule has 0 aliphatic rings. The molecule has 2 heteroatoms. The molecule has 0 saturated heterocycles. The summed E-state index contributed by atoms with van der Waals surface area (Å²) < 4.78 is 12.4. The summed E-state index contributed by atoms with van der Waals surface area (Å²) in [7, 11) is 0. The molecule has 0 unspecified atom stereocenters. The van der Waals surface area contributed by atoms with Crippen molar-refractivity contribution in [2.75, 3.05) is 0 Å². The molecule has 0 fully saturated rings. The lowest BCUT2D eigenvalue weighted by Gasteiger charge is -1.94. The number of rotatable bonds is 1. The molecular weight excluding hydrogens is 131 g/mol. The van der Waals surface area contributed by atoms with Gasteiger partial charge in [-0.3, -0.25) is 0 Å². The SMILES string of the molecule is C=Cc1cc(O)cc(F)c1. The maximum absolute atomic E-state index is 12.4. The van der Waals surface area contributed by atoms with Crippen molar-refractivity contribution in [2.45, 2.75) is 0 Å². The minimum atomic E-state index is -0.449. The van der Waals surface area contributed by atoms with Gasteiger partial charge in [0.2, 0.25) is 0 Å². The summed E-state index contributed by atoms with van der Waals surface area (Å²) in [6.07, 6.45) is 1.48. The van der Waals surface area contributed by atoms with Crippen LogP contribution in [0.3, 0.4) is 0 Å². The summed E-state index contributed by atoms with van der Waals surface area (Å²) in [4.78, 5) is 0. The van der Waals surface area contributed by atoms with E-state index in [0.717, 1.165) is 6.07 Å². The Morgan fingerprint density at radius 3 is 2.60 bits per heavy atom. The Morgan fingerprint density at radius 1 is 1.40 bits per heavy atom. The normalized spacial score (nSPS) is 9.30. The van der Waals surface area contributed by atoms with Crippen LogP contribution in [0.25, 0.3) is 6.08 Å². The summed E-state index contributed by atoms with van der Waals surface area (Å²) in [6, 6.07) is 3.79. The second-order valence-electron chi connectivity index (χ2n) is 1.95. The van der Waals surface area contributed by atoms with Gasteiger partial charge in [0.15, 0.2) is 0 Å². The number of phenols is 1. The van der Waals surface area contributed by atoms with Crippen LogP contribution in [0.1, 0.15) is 5.56 Å². The maximum Gasteiger partial charge on any atom is 0.127 e. The fourth-order valence-electron chi connectivity index (χ4n) is 0.714. The molecule has 1 N–H and O–H groups in total.